The minimum atomic E-state index is -0.570. The summed E-state index contributed by atoms with van der Waals surface area (Å²) in [7, 11) is 0. The van der Waals surface area contributed by atoms with Crippen LogP contribution >= 0.6 is 23.4 Å². The van der Waals surface area contributed by atoms with Gasteiger partial charge in [0.25, 0.3) is 11.6 Å². The summed E-state index contributed by atoms with van der Waals surface area (Å²) in [6.07, 6.45) is 0. The molecule has 0 fully saturated rings. The maximum atomic E-state index is 13.3. The molecule has 3 rings (SSSR count). The smallest absolute Gasteiger partial charge is 0.269 e. The van der Waals surface area contributed by atoms with Crippen molar-refractivity contribution >= 4 is 52.2 Å². The Morgan fingerprint density at radius 2 is 1.72 bits per heavy atom. The molecule has 0 aromatic heterocycles. The molecule has 3 aromatic rings. The van der Waals surface area contributed by atoms with Crippen LogP contribution < -0.4 is 10.6 Å². The van der Waals surface area contributed by atoms with Gasteiger partial charge in [0.15, 0.2) is 0 Å². The highest BCUT2D eigenvalue weighted by molar-refractivity contribution is 8.00. The molecule has 1 unspecified atom stereocenters. The fourth-order valence-corrected chi connectivity index (χ4v) is 3.77. The first-order valence-electron chi connectivity index (χ1n) is 9.31. The molecule has 0 radical (unpaired) electrons. The number of benzene rings is 3. The molecule has 1 atom stereocenters. The van der Waals surface area contributed by atoms with Crippen LogP contribution in [0.1, 0.15) is 17.3 Å². The van der Waals surface area contributed by atoms with E-state index in [9.17, 15) is 24.1 Å². The van der Waals surface area contributed by atoms with E-state index in [0.717, 1.165) is 4.90 Å². The second-order valence-corrected chi connectivity index (χ2v) is 8.49. The molecule has 32 heavy (non-hydrogen) atoms. The van der Waals surface area contributed by atoms with E-state index in [-0.39, 0.29) is 22.2 Å². The molecule has 0 spiro atoms. The van der Waals surface area contributed by atoms with Crippen molar-refractivity contribution in [1.82, 2.24) is 0 Å². The minimum Gasteiger partial charge on any atom is -0.325 e. The number of nitrogens with zero attached hydrogens (tertiary/aromatic N) is 1. The molecule has 164 valence electrons. The van der Waals surface area contributed by atoms with Crippen LogP contribution in [-0.4, -0.2) is 22.0 Å². The van der Waals surface area contributed by atoms with Crippen molar-refractivity contribution in [2.45, 2.75) is 17.1 Å². The molecule has 0 aliphatic carbocycles. The largest absolute Gasteiger partial charge is 0.325 e. The van der Waals surface area contributed by atoms with Gasteiger partial charge in [-0.25, -0.2) is 4.39 Å². The Morgan fingerprint density at radius 1 is 1.03 bits per heavy atom. The van der Waals surface area contributed by atoms with Crippen molar-refractivity contribution in [2.75, 3.05) is 10.6 Å². The highest BCUT2D eigenvalue weighted by Gasteiger charge is 2.16. The number of amides is 2. The Balaban J connectivity index is 1.62. The molecule has 0 bridgehead atoms. The lowest BCUT2D eigenvalue weighted by Gasteiger charge is -2.13. The fraction of sp³-hybridized carbons (Fsp3) is 0.0909. The highest BCUT2D eigenvalue weighted by Crippen LogP contribution is 2.27. The normalized spacial score (nSPS) is 11.5. The summed E-state index contributed by atoms with van der Waals surface area (Å²) in [6, 6.07) is 16.1. The number of halogens is 2. The number of thioether (sulfide) groups is 1. The summed E-state index contributed by atoms with van der Waals surface area (Å²) in [4.78, 5) is 35.8. The first-order valence-corrected chi connectivity index (χ1v) is 10.6. The number of nitro benzene ring substituents is 1. The quantitative estimate of drug-likeness (QED) is 0.258. The molecule has 10 heteroatoms. The van der Waals surface area contributed by atoms with Gasteiger partial charge < -0.3 is 10.6 Å². The van der Waals surface area contributed by atoms with E-state index in [2.05, 4.69) is 10.6 Å². The van der Waals surface area contributed by atoms with Crippen LogP contribution in [0.2, 0.25) is 5.02 Å². The summed E-state index contributed by atoms with van der Waals surface area (Å²) in [5, 5.41) is 15.6. The lowest BCUT2D eigenvalue weighted by molar-refractivity contribution is -0.384. The SMILES string of the molecule is CC(Sc1cccc(NC(=O)c2ccc([N+](=O)[O-])cc2)c1)C(=O)Nc1ccc(F)c(Cl)c1. The third-order valence-electron chi connectivity index (χ3n) is 4.30. The molecule has 0 aliphatic rings. The standard InChI is InChI=1S/C22H17ClFN3O4S/c1-13(21(28)25-16-7-10-20(24)19(23)12-16)32-18-4-2-3-15(11-18)26-22(29)14-5-8-17(9-6-14)27(30)31/h2-13H,1H3,(H,25,28)(H,26,29). The summed E-state index contributed by atoms with van der Waals surface area (Å²) in [5.41, 5.74) is 1.07. The van der Waals surface area contributed by atoms with E-state index in [0.29, 0.717) is 11.4 Å². The van der Waals surface area contributed by atoms with Crippen LogP contribution in [0.4, 0.5) is 21.5 Å². The summed E-state index contributed by atoms with van der Waals surface area (Å²) < 4.78 is 13.3. The number of hydrogen-bond donors (Lipinski definition) is 2. The summed E-state index contributed by atoms with van der Waals surface area (Å²) >= 11 is 7.01. The Hall–Kier alpha value is -3.43. The first-order chi connectivity index (χ1) is 15.2. The number of carbonyl (C=O) groups excluding carboxylic acids is 2. The van der Waals surface area contributed by atoms with Gasteiger partial charge in [-0.15, -0.1) is 11.8 Å². The molecule has 2 amide bonds. The van der Waals surface area contributed by atoms with Gasteiger partial charge in [-0.05, 0) is 55.5 Å². The lowest BCUT2D eigenvalue weighted by atomic mass is 10.2. The van der Waals surface area contributed by atoms with Gasteiger partial charge in [0, 0.05) is 34.0 Å². The van der Waals surface area contributed by atoms with Crippen LogP contribution in [0, 0.1) is 15.9 Å². The monoisotopic (exact) mass is 473 g/mol. The number of nitro groups is 1. The van der Waals surface area contributed by atoms with Gasteiger partial charge in [0.2, 0.25) is 5.91 Å². The average Bonchev–Trinajstić information content (AvgIpc) is 2.76. The van der Waals surface area contributed by atoms with Crippen molar-refractivity contribution in [3.05, 3.63) is 93.2 Å². The second kappa shape index (κ2) is 10.3. The number of nitrogens with one attached hydrogen (secondary N) is 2. The van der Waals surface area contributed by atoms with Crippen molar-refractivity contribution in [1.29, 1.82) is 0 Å². The maximum Gasteiger partial charge on any atom is 0.269 e. The van der Waals surface area contributed by atoms with E-state index in [4.69, 9.17) is 11.6 Å². The molecular weight excluding hydrogens is 457 g/mol. The van der Waals surface area contributed by atoms with Crippen LogP contribution in [0.15, 0.2) is 71.6 Å². The molecule has 0 saturated carbocycles. The van der Waals surface area contributed by atoms with Crippen LogP contribution in [0.3, 0.4) is 0 Å². The van der Waals surface area contributed by atoms with E-state index < -0.39 is 21.9 Å². The molecule has 0 saturated heterocycles. The van der Waals surface area contributed by atoms with Gasteiger partial charge >= 0.3 is 0 Å². The molecular formula is C22H17ClFN3O4S. The Labute approximate surface area is 192 Å². The zero-order valence-corrected chi connectivity index (χ0v) is 18.2. The van der Waals surface area contributed by atoms with Crippen LogP contribution in [-0.2, 0) is 4.79 Å². The molecule has 0 heterocycles. The molecule has 0 aliphatic heterocycles. The van der Waals surface area contributed by atoms with E-state index in [1.54, 1.807) is 31.2 Å². The van der Waals surface area contributed by atoms with Crippen molar-refractivity contribution in [2.24, 2.45) is 0 Å². The van der Waals surface area contributed by atoms with Gasteiger partial charge in [-0.2, -0.15) is 0 Å². The van der Waals surface area contributed by atoms with Gasteiger partial charge in [-0.1, -0.05) is 17.7 Å². The molecule has 2 N–H and O–H groups in total. The van der Waals surface area contributed by atoms with Crippen molar-refractivity contribution in [3.63, 3.8) is 0 Å². The van der Waals surface area contributed by atoms with E-state index in [1.165, 1.54) is 54.2 Å². The fourth-order valence-electron chi connectivity index (χ4n) is 2.66. The Morgan fingerprint density at radius 3 is 2.38 bits per heavy atom. The number of non-ortho nitro benzene ring substituents is 1. The zero-order chi connectivity index (χ0) is 23.3. The number of hydrogen-bond acceptors (Lipinski definition) is 5. The van der Waals surface area contributed by atoms with Gasteiger partial charge in [-0.3, -0.25) is 19.7 Å². The topological polar surface area (TPSA) is 101 Å². The Kier molecular flexibility index (Phi) is 7.45. The first kappa shape index (κ1) is 23.2. The third-order valence-corrected chi connectivity index (χ3v) is 5.68. The van der Waals surface area contributed by atoms with Crippen molar-refractivity contribution < 1.29 is 18.9 Å². The summed E-state index contributed by atoms with van der Waals surface area (Å²) in [6.45, 7) is 1.72. The lowest BCUT2D eigenvalue weighted by Crippen LogP contribution is -2.22. The zero-order valence-electron chi connectivity index (χ0n) is 16.7. The van der Waals surface area contributed by atoms with Crippen LogP contribution in [0.25, 0.3) is 0 Å². The second-order valence-electron chi connectivity index (χ2n) is 6.66. The maximum absolute atomic E-state index is 13.3. The van der Waals surface area contributed by atoms with Crippen molar-refractivity contribution in [3.8, 4) is 0 Å². The van der Waals surface area contributed by atoms with E-state index >= 15 is 0 Å². The van der Waals surface area contributed by atoms with Gasteiger partial charge in [0.1, 0.15) is 5.82 Å². The van der Waals surface area contributed by atoms with Crippen LogP contribution in [0.5, 0.6) is 0 Å². The number of anilines is 2. The summed E-state index contributed by atoms with van der Waals surface area (Å²) in [5.74, 6) is -1.28. The highest BCUT2D eigenvalue weighted by atomic mass is 35.5. The number of rotatable bonds is 7. The predicted octanol–water partition coefficient (Wildman–Crippen LogP) is 5.76. The third kappa shape index (κ3) is 6.05. The Bertz CT molecular complexity index is 1170. The molecule has 7 nitrogen and oxygen atoms in total. The predicted molar refractivity (Wildman–Crippen MR) is 123 cm³/mol. The molecule has 3 aromatic carbocycles. The average molecular weight is 474 g/mol. The number of carbonyl (C=O) groups is 2. The van der Waals surface area contributed by atoms with E-state index in [1.807, 2.05) is 0 Å². The minimum absolute atomic E-state index is 0.0837. The van der Waals surface area contributed by atoms with Gasteiger partial charge in [0.05, 0.1) is 15.2 Å².